The molecule has 178 valence electrons. The van der Waals surface area contributed by atoms with Crippen molar-refractivity contribution in [2.75, 3.05) is 13.7 Å². The predicted molar refractivity (Wildman–Crippen MR) is 126 cm³/mol. The Bertz CT molecular complexity index is 1150. The van der Waals surface area contributed by atoms with Crippen molar-refractivity contribution in [3.05, 3.63) is 82.2 Å². The average Bonchev–Trinajstić information content (AvgIpc) is 3.16. The van der Waals surface area contributed by atoms with Crippen LogP contribution in [0.3, 0.4) is 0 Å². The van der Waals surface area contributed by atoms with Crippen molar-refractivity contribution >= 4 is 18.0 Å². The van der Waals surface area contributed by atoms with E-state index in [-0.39, 0.29) is 12.5 Å². The highest BCUT2D eigenvalue weighted by molar-refractivity contribution is 5.89. The van der Waals surface area contributed by atoms with Crippen molar-refractivity contribution in [3.63, 3.8) is 0 Å². The van der Waals surface area contributed by atoms with Crippen molar-refractivity contribution in [1.82, 2.24) is 10.5 Å². The number of esters is 1. The van der Waals surface area contributed by atoms with Gasteiger partial charge in [-0.25, -0.2) is 4.79 Å². The lowest BCUT2D eigenvalue weighted by Crippen LogP contribution is -2.28. The number of ether oxygens (including phenoxy) is 3. The molecule has 1 amide bonds. The van der Waals surface area contributed by atoms with Crippen molar-refractivity contribution in [3.8, 4) is 11.5 Å². The van der Waals surface area contributed by atoms with Crippen molar-refractivity contribution in [2.24, 2.45) is 0 Å². The molecule has 2 aromatic carbocycles. The number of aryl methyl sites for hydroxylation is 3. The second kappa shape index (κ2) is 11.7. The van der Waals surface area contributed by atoms with Gasteiger partial charge in [-0.15, -0.1) is 0 Å². The van der Waals surface area contributed by atoms with Gasteiger partial charge in [0.25, 0.3) is 5.91 Å². The van der Waals surface area contributed by atoms with E-state index < -0.39 is 5.97 Å². The van der Waals surface area contributed by atoms with Crippen LogP contribution in [0.15, 0.2) is 53.1 Å². The minimum absolute atomic E-state index is 0.297. The van der Waals surface area contributed by atoms with E-state index in [9.17, 15) is 9.59 Å². The number of nitrogens with zero attached hydrogens (tertiary/aromatic N) is 1. The van der Waals surface area contributed by atoms with Gasteiger partial charge < -0.3 is 24.1 Å². The van der Waals surface area contributed by atoms with E-state index in [0.29, 0.717) is 36.0 Å². The van der Waals surface area contributed by atoms with Gasteiger partial charge in [0.05, 0.1) is 18.4 Å². The van der Waals surface area contributed by atoms with E-state index in [2.05, 4.69) is 10.5 Å². The molecule has 3 aromatic rings. The maximum atomic E-state index is 12.0. The lowest BCUT2D eigenvalue weighted by molar-refractivity contribution is -0.143. The molecule has 8 nitrogen and oxygen atoms in total. The fourth-order valence-corrected chi connectivity index (χ4v) is 3.07. The number of methoxy groups -OCH3 is 1. The first kappa shape index (κ1) is 24.6. The second-order valence-electron chi connectivity index (χ2n) is 7.71. The Morgan fingerprint density at radius 2 is 1.82 bits per heavy atom. The molecule has 0 bridgehead atoms. The fraction of sp³-hybridized carbons (Fsp3) is 0.269. The third kappa shape index (κ3) is 6.96. The third-order valence-corrected chi connectivity index (χ3v) is 5.11. The van der Waals surface area contributed by atoms with Crippen LogP contribution in [0, 0.1) is 20.8 Å². The molecular weight excluding hydrogens is 436 g/mol. The van der Waals surface area contributed by atoms with Gasteiger partial charge in [-0.3, -0.25) is 4.79 Å². The van der Waals surface area contributed by atoms with Crippen LogP contribution in [0.2, 0.25) is 0 Å². The number of carbonyl (C=O) groups excluding carboxylic acids is 2. The third-order valence-electron chi connectivity index (χ3n) is 5.11. The SMILES string of the molecule is COc1cc(/C=C/C(=O)OCC(=O)NCc2ccc(C)cc2)ccc1OCc1c(C)noc1C. The zero-order valence-electron chi connectivity index (χ0n) is 19.7. The minimum Gasteiger partial charge on any atom is -0.493 e. The van der Waals surface area contributed by atoms with E-state index in [4.69, 9.17) is 18.7 Å². The summed E-state index contributed by atoms with van der Waals surface area (Å²) >= 11 is 0. The first-order valence-electron chi connectivity index (χ1n) is 10.8. The molecule has 0 spiro atoms. The summed E-state index contributed by atoms with van der Waals surface area (Å²) in [6.07, 6.45) is 2.83. The summed E-state index contributed by atoms with van der Waals surface area (Å²) in [6.45, 7) is 5.99. The maximum Gasteiger partial charge on any atom is 0.331 e. The van der Waals surface area contributed by atoms with E-state index in [0.717, 1.165) is 22.4 Å². The Hall–Kier alpha value is -4.07. The highest BCUT2D eigenvalue weighted by Gasteiger charge is 2.12. The van der Waals surface area contributed by atoms with Crippen LogP contribution < -0.4 is 14.8 Å². The van der Waals surface area contributed by atoms with Crippen molar-refractivity contribution < 1.29 is 28.3 Å². The summed E-state index contributed by atoms with van der Waals surface area (Å²) in [5.74, 6) is 0.774. The molecule has 1 aromatic heterocycles. The second-order valence-corrected chi connectivity index (χ2v) is 7.71. The lowest BCUT2D eigenvalue weighted by Gasteiger charge is -2.11. The van der Waals surface area contributed by atoms with Gasteiger partial charge in [0, 0.05) is 12.6 Å². The van der Waals surface area contributed by atoms with Crippen LogP contribution in [0.4, 0.5) is 0 Å². The van der Waals surface area contributed by atoms with Crippen LogP contribution in [-0.2, 0) is 27.5 Å². The average molecular weight is 465 g/mol. The lowest BCUT2D eigenvalue weighted by atomic mass is 10.1. The summed E-state index contributed by atoms with van der Waals surface area (Å²) in [5.41, 5.74) is 4.49. The molecule has 8 heteroatoms. The first-order chi connectivity index (χ1) is 16.4. The van der Waals surface area contributed by atoms with Gasteiger partial charge in [0.2, 0.25) is 0 Å². The normalized spacial score (nSPS) is 10.8. The monoisotopic (exact) mass is 464 g/mol. The maximum absolute atomic E-state index is 12.0. The number of nitrogens with one attached hydrogen (secondary N) is 1. The molecule has 3 rings (SSSR count). The molecular formula is C26H28N2O6. The summed E-state index contributed by atoms with van der Waals surface area (Å²) < 4.78 is 21.4. The van der Waals surface area contributed by atoms with Gasteiger partial charge in [-0.1, -0.05) is 41.1 Å². The number of carbonyl (C=O) groups is 2. The van der Waals surface area contributed by atoms with E-state index in [1.165, 1.54) is 13.2 Å². The molecule has 1 heterocycles. The summed E-state index contributed by atoms with van der Waals surface area (Å²) in [7, 11) is 1.54. The minimum atomic E-state index is -0.622. The van der Waals surface area contributed by atoms with Gasteiger partial charge in [0.1, 0.15) is 12.4 Å². The molecule has 0 radical (unpaired) electrons. The summed E-state index contributed by atoms with van der Waals surface area (Å²) in [6, 6.07) is 13.1. The van der Waals surface area contributed by atoms with Gasteiger partial charge >= 0.3 is 5.97 Å². The number of benzene rings is 2. The number of hydrogen-bond acceptors (Lipinski definition) is 7. The smallest absolute Gasteiger partial charge is 0.331 e. The van der Waals surface area contributed by atoms with Crippen molar-refractivity contribution in [1.29, 1.82) is 0 Å². The topological polar surface area (TPSA) is 99.9 Å². The molecule has 0 unspecified atom stereocenters. The fourth-order valence-electron chi connectivity index (χ4n) is 3.07. The van der Waals surface area contributed by atoms with Crippen molar-refractivity contribution in [2.45, 2.75) is 33.9 Å². The summed E-state index contributed by atoms with van der Waals surface area (Å²) in [5, 5.41) is 6.63. The Morgan fingerprint density at radius 1 is 1.06 bits per heavy atom. The number of aromatic nitrogens is 1. The molecule has 0 aliphatic carbocycles. The number of rotatable bonds is 10. The zero-order valence-corrected chi connectivity index (χ0v) is 19.7. The molecule has 1 N–H and O–H groups in total. The van der Waals surface area contributed by atoms with Gasteiger partial charge in [0.15, 0.2) is 18.1 Å². The largest absolute Gasteiger partial charge is 0.493 e. The Kier molecular flexibility index (Phi) is 8.45. The summed E-state index contributed by atoms with van der Waals surface area (Å²) in [4.78, 5) is 23.9. The number of amides is 1. The number of hydrogen-bond donors (Lipinski definition) is 1. The van der Waals surface area contributed by atoms with Crippen LogP contribution >= 0.6 is 0 Å². The van der Waals surface area contributed by atoms with E-state index >= 15 is 0 Å². The molecule has 0 atom stereocenters. The molecule has 0 saturated heterocycles. The molecule has 34 heavy (non-hydrogen) atoms. The van der Waals surface area contributed by atoms with E-state index in [1.54, 1.807) is 24.3 Å². The quantitative estimate of drug-likeness (QED) is 0.357. The Balaban J connectivity index is 1.48. The van der Waals surface area contributed by atoms with Crippen LogP contribution in [0.25, 0.3) is 6.08 Å². The van der Waals surface area contributed by atoms with Crippen LogP contribution in [0.5, 0.6) is 11.5 Å². The Morgan fingerprint density at radius 3 is 2.50 bits per heavy atom. The standard InChI is InChI=1S/C26H28N2O6/c1-17-5-7-21(8-6-17)14-27-25(29)16-33-26(30)12-10-20-9-11-23(24(13-20)31-4)32-15-22-18(2)28-34-19(22)3/h5-13H,14-16H2,1-4H3,(H,27,29)/b12-10+. The molecule has 0 aliphatic heterocycles. The predicted octanol–water partition coefficient (Wildman–Crippen LogP) is 4.06. The van der Waals surface area contributed by atoms with Crippen LogP contribution in [-0.4, -0.2) is 30.7 Å². The van der Waals surface area contributed by atoms with Crippen LogP contribution in [0.1, 0.15) is 33.7 Å². The molecule has 0 fully saturated rings. The highest BCUT2D eigenvalue weighted by atomic mass is 16.5. The zero-order chi connectivity index (χ0) is 24.5. The van der Waals surface area contributed by atoms with E-state index in [1.807, 2.05) is 45.0 Å². The Labute approximate surface area is 198 Å². The first-order valence-corrected chi connectivity index (χ1v) is 10.8. The molecule has 0 aliphatic rings. The van der Waals surface area contributed by atoms with Gasteiger partial charge in [-0.2, -0.15) is 0 Å². The van der Waals surface area contributed by atoms with Gasteiger partial charge in [-0.05, 0) is 50.1 Å². The highest BCUT2D eigenvalue weighted by Crippen LogP contribution is 2.30. The molecule has 0 saturated carbocycles.